The first-order chi connectivity index (χ1) is 12.2. The average molecular weight is 366 g/mol. The van der Waals surface area contributed by atoms with E-state index in [4.69, 9.17) is 0 Å². The first-order valence-corrected chi connectivity index (χ1v) is 9.71. The lowest BCUT2D eigenvalue weighted by Gasteiger charge is -2.60. The Labute approximate surface area is 157 Å². The van der Waals surface area contributed by atoms with Crippen LogP contribution >= 0.6 is 0 Å². The van der Waals surface area contributed by atoms with Gasteiger partial charge >= 0.3 is 0 Å². The number of carbonyl (C=O) groups is 1. The summed E-state index contributed by atoms with van der Waals surface area (Å²) in [7, 11) is 0. The number of aliphatic hydroxyl groups excluding tert-OH is 3. The molecule has 0 unspecified atom stereocenters. The third kappa shape index (κ3) is 3.62. The van der Waals surface area contributed by atoms with Crippen LogP contribution in [-0.2, 0) is 4.79 Å². The molecule has 26 heavy (non-hydrogen) atoms. The van der Waals surface area contributed by atoms with Gasteiger partial charge in [-0.05, 0) is 42.9 Å². The zero-order chi connectivity index (χ0) is 19.5. The number of carbonyl (C=O) groups excluding carboxylic acids is 1. The molecule has 0 saturated heterocycles. The van der Waals surface area contributed by atoms with Crippen molar-refractivity contribution in [1.82, 2.24) is 4.90 Å². The number of rotatable bonds is 7. The van der Waals surface area contributed by atoms with Crippen LogP contribution in [0.2, 0.25) is 0 Å². The number of hydrogen-bond acceptors (Lipinski definition) is 4. The normalized spacial score (nSPS) is 39.7. The zero-order valence-corrected chi connectivity index (χ0v) is 16.2. The van der Waals surface area contributed by atoms with Crippen LogP contribution in [0.25, 0.3) is 0 Å². The number of fused-ring (bicyclic) bond motifs is 1. The monoisotopic (exact) mass is 365 g/mol. The molecule has 0 aromatic carbocycles. The SMILES string of the molecule is C=CCN(CC=C)C(=O)C[C@@H]1[C@H](O)CC[C@@H]2[C@](C)(CO)[C@H](O)CC[C@]21C. The molecule has 0 spiro atoms. The standard InChI is InChI=1S/C21H35NO4/c1-5-11-22(12-6-2)19(26)13-15-16(24)7-8-17-20(15,3)10-9-18(25)21(17,4)14-23/h5-6,15-18,23-25H,1-2,7-14H2,3-4H3/t15-,16-,17+,18-,20+,21+/m1/s1. The molecule has 2 aliphatic rings. The average Bonchev–Trinajstić information content (AvgIpc) is 2.61. The van der Waals surface area contributed by atoms with Gasteiger partial charge in [0.25, 0.3) is 0 Å². The molecule has 6 atom stereocenters. The van der Waals surface area contributed by atoms with Gasteiger partial charge in [0.05, 0.1) is 18.8 Å². The number of aliphatic hydroxyl groups is 3. The molecule has 0 aromatic heterocycles. The van der Waals surface area contributed by atoms with Crippen molar-refractivity contribution in [2.75, 3.05) is 19.7 Å². The van der Waals surface area contributed by atoms with Gasteiger partial charge in [-0.25, -0.2) is 0 Å². The number of amides is 1. The molecule has 0 aromatic rings. The summed E-state index contributed by atoms with van der Waals surface area (Å²) in [6, 6.07) is 0. The van der Waals surface area contributed by atoms with Gasteiger partial charge in [0.1, 0.15) is 0 Å². The van der Waals surface area contributed by atoms with Crippen LogP contribution in [0, 0.1) is 22.7 Å². The lowest BCUT2D eigenvalue weighted by molar-refractivity contribution is -0.187. The second-order valence-electron chi connectivity index (χ2n) is 8.61. The van der Waals surface area contributed by atoms with E-state index >= 15 is 0 Å². The molecule has 3 N–H and O–H groups in total. The quantitative estimate of drug-likeness (QED) is 0.604. The van der Waals surface area contributed by atoms with Crippen molar-refractivity contribution in [2.24, 2.45) is 22.7 Å². The summed E-state index contributed by atoms with van der Waals surface area (Å²) >= 11 is 0. The molecule has 2 rings (SSSR count). The van der Waals surface area contributed by atoms with E-state index in [-0.39, 0.29) is 36.2 Å². The largest absolute Gasteiger partial charge is 0.396 e. The molecule has 0 radical (unpaired) electrons. The summed E-state index contributed by atoms with van der Waals surface area (Å²) in [6.07, 6.45) is 5.29. The summed E-state index contributed by atoms with van der Waals surface area (Å²) in [5.74, 6) is -0.103. The van der Waals surface area contributed by atoms with Crippen molar-refractivity contribution in [3.63, 3.8) is 0 Å². The van der Waals surface area contributed by atoms with Gasteiger partial charge in [-0.1, -0.05) is 26.0 Å². The predicted octanol–water partition coefficient (Wildman–Crippen LogP) is 2.12. The molecule has 0 heterocycles. The Hall–Kier alpha value is -1.17. The molecule has 2 saturated carbocycles. The van der Waals surface area contributed by atoms with Gasteiger partial charge in [-0.3, -0.25) is 4.79 Å². The summed E-state index contributed by atoms with van der Waals surface area (Å²) in [5.41, 5.74) is -0.867. The second-order valence-corrected chi connectivity index (χ2v) is 8.61. The molecule has 2 fully saturated rings. The summed E-state index contributed by atoms with van der Waals surface area (Å²) in [5, 5.41) is 31.3. The Balaban J connectivity index is 2.27. The van der Waals surface area contributed by atoms with Crippen molar-refractivity contribution in [3.8, 4) is 0 Å². The molecular weight excluding hydrogens is 330 g/mol. The van der Waals surface area contributed by atoms with Gasteiger partial charge in [0.2, 0.25) is 5.91 Å². The Bertz CT molecular complexity index is 526. The molecule has 5 nitrogen and oxygen atoms in total. The van der Waals surface area contributed by atoms with Crippen LogP contribution in [-0.4, -0.2) is 58.0 Å². The molecule has 1 amide bonds. The van der Waals surface area contributed by atoms with E-state index in [9.17, 15) is 20.1 Å². The highest BCUT2D eigenvalue weighted by atomic mass is 16.3. The second kappa shape index (κ2) is 8.24. The van der Waals surface area contributed by atoms with E-state index in [1.54, 1.807) is 17.1 Å². The van der Waals surface area contributed by atoms with E-state index in [0.29, 0.717) is 25.9 Å². The van der Waals surface area contributed by atoms with E-state index in [1.807, 2.05) is 6.92 Å². The molecule has 5 heteroatoms. The molecule has 2 aliphatic carbocycles. The van der Waals surface area contributed by atoms with Crippen molar-refractivity contribution in [2.45, 2.75) is 58.2 Å². The highest BCUT2D eigenvalue weighted by Crippen LogP contribution is 2.60. The van der Waals surface area contributed by atoms with Gasteiger partial charge in [0.15, 0.2) is 0 Å². The zero-order valence-electron chi connectivity index (χ0n) is 16.2. The first kappa shape index (κ1) is 21.1. The smallest absolute Gasteiger partial charge is 0.223 e. The van der Waals surface area contributed by atoms with Crippen LogP contribution in [0.3, 0.4) is 0 Å². The summed E-state index contributed by atoms with van der Waals surface area (Å²) < 4.78 is 0. The molecular formula is C21H35NO4. The summed E-state index contributed by atoms with van der Waals surface area (Å²) in [4.78, 5) is 14.6. The third-order valence-electron chi connectivity index (χ3n) is 7.16. The molecule has 0 bridgehead atoms. The van der Waals surface area contributed by atoms with E-state index in [1.165, 1.54) is 0 Å². The fraction of sp³-hybridized carbons (Fsp3) is 0.762. The van der Waals surface area contributed by atoms with Crippen LogP contribution in [0.1, 0.15) is 46.0 Å². The van der Waals surface area contributed by atoms with E-state index in [0.717, 1.165) is 12.8 Å². The maximum Gasteiger partial charge on any atom is 0.223 e. The highest BCUT2D eigenvalue weighted by Gasteiger charge is 2.59. The van der Waals surface area contributed by atoms with Gasteiger partial charge < -0.3 is 20.2 Å². The van der Waals surface area contributed by atoms with Crippen molar-refractivity contribution >= 4 is 5.91 Å². The van der Waals surface area contributed by atoms with E-state index < -0.39 is 17.6 Å². The van der Waals surface area contributed by atoms with Gasteiger partial charge in [0, 0.05) is 24.9 Å². The minimum Gasteiger partial charge on any atom is -0.396 e. The molecule has 148 valence electrons. The first-order valence-electron chi connectivity index (χ1n) is 9.71. The number of hydrogen-bond donors (Lipinski definition) is 3. The lowest BCUT2D eigenvalue weighted by atomic mass is 9.46. The van der Waals surface area contributed by atoms with E-state index in [2.05, 4.69) is 20.1 Å². The van der Waals surface area contributed by atoms with Gasteiger partial charge in [-0.15, -0.1) is 13.2 Å². The molecule has 0 aliphatic heterocycles. The van der Waals surface area contributed by atoms with Crippen LogP contribution in [0.5, 0.6) is 0 Å². The fourth-order valence-corrected chi connectivity index (χ4v) is 5.51. The fourth-order valence-electron chi connectivity index (χ4n) is 5.51. The predicted molar refractivity (Wildman–Crippen MR) is 102 cm³/mol. The lowest BCUT2D eigenvalue weighted by Crippen LogP contribution is -2.60. The van der Waals surface area contributed by atoms with Crippen molar-refractivity contribution in [3.05, 3.63) is 25.3 Å². The minimum atomic E-state index is -0.587. The van der Waals surface area contributed by atoms with Crippen molar-refractivity contribution in [1.29, 1.82) is 0 Å². The topological polar surface area (TPSA) is 81.0 Å². The maximum atomic E-state index is 12.9. The van der Waals surface area contributed by atoms with Crippen LogP contribution in [0.4, 0.5) is 0 Å². The Morgan fingerprint density at radius 3 is 2.31 bits per heavy atom. The van der Waals surface area contributed by atoms with Crippen LogP contribution < -0.4 is 0 Å². The Morgan fingerprint density at radius 2 is 1.77 bits per heavy atom. The minimum absolute atomic E-state index is 0.00690. The highest BCUT2D eigenvalue weighted by molar-refractivity contribution is 5.77. The summed E-state index contributed by atoms with van der Waals surface area (Å²) in [6.45, 7) is 12.3. The number of nitrogens with zero attached hydrogens (tertiary/aromatic N) is 1. The van der Waals surface area contributed by atoms with Gasteiger partial charge in [-0.2, -0.15) is 0 Å². The Morgan fingerprint density at radius 1 is 1.15 bits per heavy atom. The maximum absolute atomic E-state index is 12.9. The van der Waals surface area contributed by atoms with Crippen molar-refractivity contribution < 1.29 is 20.1 Å². The third-order valence-corrected chi connectivity index (χ3v) is 7.16. The Kier molecular flexibility index (Phi) is 6.70. The van der Waals surface area contributed by atoms with Crippen LogP contribution in [0.15, 0.2) is 25.3 Å².